The Kier molecular flexibility index (Phi) is 3.76. The van der Waals surface area contributed by atoms with Crippen molar-refractivity contribution in [3.8, 4) is 0 Å². The molecule has 0 bridgehead atoms. The summed E-state index contributed by atoms with van der Waals surface area (Å²) in [7, 11) is 1.97. The molecular formula is C10H19NO. The molecule has 0 saturated carbocycles. The smallest absolute Gasteiger partial charge is 0.0763 e. The number of ether oxygens (including phenoxy) is 1. The molecular weight excluding hydrogens is 150 g/mol. The van der Waals surface area contributed by atoms with Crippen LogP contribution in [0.1, 0.15) is 26.7 Å². The third-order valence-electron chi connectivity index (χ3n) is 2.19. The van der Waals surface area contributed by atoms with Crippen molar-refractivity contribution >= 4 is 0 Å². The van der Waals surface area contributed by atoms with Gasteiger partial charge in [-0.15, -0.1) is 0 Å². The molecule has 0 aromatic rings. The van der Waals surface area contributed by atoms with E-state index in [4.69, 9.17) is 4.74 Å². The van der Waals surface area contributed by atoms with Gasteiger partial charge in [-0.3, -0.25) is 0 Å². The van der Waals surface area contributed by atoms with Crippen LogP contribution >= 0.6 is 0 Å². The van der Waals surface area contributed by atoms with Crippen molar-refractivity contribution in [3.63, 3.8) is 0 Å². The second-order valence-electron chi connectivity index (χ2n) is 3.61. The first-order chi connectivity index (χ1) is 5.72. The monoisotopic (exact) mass is 169 g/mol. The highest BCUT2D eigenvalue weighted by molar-refractivity contribution is 5.05. The maximum atomic E-state index is 5.67. The van der Waals surface area contributed by atoms with Crippen LogP contribution in [0.25, 0.3) is 0 Å². The molecule has 0 spiro atoms. The van der Waals surface area contributed by atoms with Crippen molar-refractivity contribution in [2.75, 3.05) is 13.6 Å². The van der Waals surface area contributed by atoms with Crippen molar-refractivity contribution in [1.29, 1.82) is 0 Å². The predicted molar refractivity (Wildman–Crippen MR) is 51.3 cm³/mol. The average molecular weight is 169 g/mol. The van der Waals surface area contributed by atoms with Gasteiger partial charge in [0.1, 0.15) is 0 Å². The molecule has 0 amide bonds. The van der Waals surface area contributed by atoms with Crippen LogP contribution in [0.3, 0.4) is 0 Å². The van der Waals surface area contributed by atoms with Gasteiger partial charge in [-0.1, -0.05) is 11.6 Å². The molecule has 1 N–H and O–H groups in total. The lowest BCUT2D eigenvalue weighted by molar-refractivity contribution is 0.0828. The summed E-state index contributed by atoms with van der Waals surface area (Å²) in [5.74, 6) is 0. The first kappa shape index (κ1) is 9.75. The number of likely N-dealkylation sites (N-methyl/N-ethyl adjacent to an activating group) is 1. The Morgan fingerprint density at radius 3 is 2.83 bits per heavy atom. The Bertz CT molecular complexity index is 165. The van der Waals surface area contributed by atoms with Gasteiger partial charge in [0, 0.05) is 6.54 Å². The van der Waals surface area contributed by atoms with Gasteiger partial charge < -0.3 is 10.1 Å². The molecule has 1 fully saturated rings. The normalized spacial score (nSPS) is 31.1. The zero-order valence-electron chi connectivity index (χ0n) is 8.26. The minimum Gasteiger partial charge on any atom is -0.371 e. The third-order valence-corrected chi connectivity index (χ3v) is 2.19. The molecule has 2 atom stereocenters. The fourth-order valence-corrected chi connectivity index (χ4v) is 1.61. The van der Waals surface area contributed by atoms with Crippen LogP contribution < -0.4 is 5.32 Å². The topological polar surface area (TPSA) is 21.3 Å². The first-order valence-electron chi connectivity index (χ1n) is 4.69. The molecule has 1 heterocycles. The molecule has 0 radical (unpaired) electrons. The fourth-order valence-electron chi connectivity index (χ4n) is 1.61. The maximum Gasteiger partial charge on any atom is 0.0763 e. The van der Waals surface area contributed by atoms with Crippen LogP contribution in [0.5, 0.6) is 0 Å². The van der Waals surface area contributed by atoms with Gasteiger partial charge in [0.05, 0.1) is 12.2 Å². The van der Waals surface area contributed by atoms with Crippen molar-refractivity contribution in [1.82, 2.24) is 5.32 Å². The third kappa shape index (κ3) is 2.95. The van der Waals surface area contributed by atoms with Gasteiger partial charge in [0.2, 0.25) is 0 Å². The number of rotatable bonds is 3. The summed E-state index contributed by atoms with van der Waals surface area (Å²) in [5.41, 5.74) is 1.37. The van der Waals surface area contributed by atoms with E-state index in [2.05, 4.69) is 25.2 Å². The molecule has 2 heteroatoms. The molecule has 0 aliphatic carbocycles. The Morgan fingerprint density at radius 2 is 2.33 bits per heavy atom. The molecule has 0 aromatic heterocycles. The van der Waals surface area contributed by atoms with E-state index in [1.807, 2.05) is 7.05 Å². The molecule has 2 nitrogen and oxygen atoms in total. The summed E-state index contributed by atoms with van der Waals surface area (Å²) < 4.78 is 5.67. The van der Waals surface area contributed by atoms with Gasteiger partial charge in [-0.2, -0.15) is 0 Å². The molecule has 1 aliphatic rings. The van der Waals surface area contributed by atoms with E-state index < -0.39 is 0 Å². The van der Waals surface area contributed by atoms with Gasteiger partial charge >= 0.3 is 0 Å². The minimum absolute atomic E-state index is 0.369. The second-order valence-corrected chi connectivity index (χ2v) is 3.61. The SMILES string of the molecule is CNCC(C)=CC1CCC(C)O1. The number of nitrogens with one attached hydrogen (secondary N) is 1. The van der Waals surface area contributed by atoms with Crippen molar-refractivity contribution in [2.45, 2.75) is 38.9 Å². The molecule has 12 heavy (non-hydrogen) atoms. The van der Waals surface area contributed by atoms with Crippen LogP contribution in [0, 0.1) is 0 Å². The first-order valence-corrected chi connectivity index (χ1v) is 4.69. The van der Waals surface area contributed by atoms with Gasteiger partial charge in [-0.25, -0.2) is 0 Å². The van der Waals surface area contributed by atoms with E-state index in [0.29, 0.717) is 12.2 Å². The molecule has 1 saturated heterocycles. The highest BCUT2D eigenvalue weighted by Gasteiger charge is 2.19. The zero-order valence-corrected chi connectivity index (χ0v) is 8.26. The molecule has 0 aromatic carbocycles. The Labute approximate surface area is 75.0 Å². The largest absolute Gasteiger partial charge is 0.371 e. The highest BCUT2D eigenvalue weighted by atomic mass is 16.5. The standard InChI is InChI=1S/C10H19NO/c1-8(7-11-3)6-10-5-4-9(2)12-10/h6,9-11H,4-5,7H2,1-3H3. The molecule has 2 unspecified atom stereocenters. The van der Waals surface area contributed by atoms with Gasteiger partial charge in [0.25, 0.3) is 0 Å². The van der Waals surface area contributed by atoms with Crippen molar-refractivity contribution in [2.24, 2.45) is 0 Å². The summed E-state index contributed by atoms with van der Waals surface area (Å²) in [6.45, 7) is 5.25. The number of hydrogen-bond donors (Lipinski definition) is 1. The molecule has 70 valence electrons. The van der Waals surface area contributed by atoms with E-state index in [1.54, 1.807) is 0 Å². The van der Waals surface area contributed by atoms with E-state index in [1.165, 1.54) is 18.4 Å². The predicted octanol–water partition coefficient (Wildman–Crippen LogP) is 1.72. The van der Waals surface area contributed by atoms with Gasteiger partial charge in [0.15, 0.2) is 0 Å². The summed E-state index contributed by atoms with van der Waals surface area (Å²) in [6.07, 6.45) is 5.44. The van der Waals surface area contributed by atoms with E-state index >= 15 is 0 Å². The van der Waals surface area contributed by atoms with Crippen LogP contribution in [0.15, 0.2) is 11.6 Å². The lowest BCUT2D eigenvalue weighted by atomic mass is 10.1. The second kappa shape index (κ2) is 4.63. The zero-order chi connectivity index (χ0) is 8.97. The lowest BCUT2D eigenvalue weighted by Gasteiger charge is -2.07. The maximum absolute atomic E-state index is 5.67. The van der Waals surface area contributed by atoms with E-state index in [9.17, 15) is 0 Å². The molecule has 1 rings (SSSR count). The Hall–Kier alpha value is -0.340. The lowest BCUT2D eigenvalue weighted by Crippen LogP contribution is -2.12. The number of hydrogen-bond acceptors (Lipinski definition) is 2. The van der Waals surface area contributed by atoms with Crippen molar-refractivity contribution < 1.29 is 4.74 Å². The van der Waals surface area contributed by atoms with Crippen LogP contribution in [0.4, 0.5) is 0 Å². The minimum atomic E-state index is 0.369. The summed E-state index contributed by atoms with van der Waals surface area (Å²) in [5, 5.41) is 3.13. The van der Waals surface area contributed by atoms with E-state index in [0.717, 1.165) is 6.54 Å². The van der Waals surface area contributed by atoms with E-state index in [-0.39, 0.29) is 0 Å². The van der Waals surface area contributed by atoms with Gasteiger partial charge in [-0.05, 0) is 33.7 Å². The summed E-state index contributed by atoms with van der Waals surface area (Å²) >= 11 is 0. The average Bonchev–Trinajstić information content (AvgIpc) is 2.36. The molecule has 1 aliphatic heterocycles. The fraction of sp³-hybridized carbons (Fsp3) is 0.800. The summed E-state index contributed by atoms with van der Waals surface area (Å²) in [4.78, 5) is 0. The van der Waals surface area contributed by atoms with Crippen LogP contribution in [0.2, 0.25) is 0 Å². The quantitative estimate of drug-likeness (QED) is 0.649. The Morgan fingerprint density at radius 1 is 1.58 bits per heavy atom. The highest BCUT2D eigenvalue weighted by Crippen LogP contribution is 2.20. The van der Waals surface area contributed by atoms with Crippen LogP contribution in [-0.4, -0.2) is 25.8 Å². The van der Waals surface area contributed by atoms with Crippen molar-refractivity contribution in [3.05, 3.63) is 11.6 Å². The van der Waals surface area contributed by atoms with Crippen LogP contribution in [-0.2, 0) is 4.74 Å². The summed E-state index contributed by atoms with van der Waals surface area (Å²) in [6, 6.07) is 0. The Balaban J connectivity index is 2.34.